The van der Waals surface area contributed by atoms with Gasteiger partial charge in [0.2, 0.25) is 11.8 Å². The number of rotatable bonds is 7. The van der Waals surface area contributed by atoms with Crippen LogP contribution in [0.3, 0.4) is 0 Å². The number of methoxy groups -OCH3 is 1. The summed E-state index contributed by atoms with van der Waals surface area (Å²) in [6, 6.07) is 13.6. The van der Waals surface area contributed by atoms with Crippen molar-refractivity contribution in [3.05, 3.63) is 71.2 Å². The SMILES string of the molecule is CCOC(=O)C1=C(C)N(CC(=O)N2CCN(c3ccccc3OC)CC2)C(=O)CC1c1cccc(F)c1. The van der Waals surface area contributed by atoms with Gasteiger partial charge in [-0.3, -0.25) is 9.59 Å². The van der Waals surface area contributed by atoms with Gasteiger partial charge in [-0.05, 0) is 43.7 Å². The lowest BCUT2D eigenvalue weighted by molar-refractivity contribution is -0.142. The lowest BCUT2D eigenvalue weighted by Crippen LogP contribution is -2.52. The molecule has 2 aromatic carbocycles. The normalized spacial score (nSPS) is 18.2. The third-order valence-electron chi connectivity index (χ3n) is 6.92. The predicted octanol–water partition coefficient (Wildman–Crippen LogP) is 3.34. The number of ether oxygens (including phenoxy) is 2. The van der Waals surface area contributed by atoms with E-state index in [1.807, 2.05) is 24.3 Å². The summed E-state index contributed by atoms with van der Waals surface area (Å²) >= 11 is 0. The highest BCUT2D eigenvalue weighted by Gasteiger charge is 2.38. The topological polar surface area (TPSA) is 79.4 Å². The molecule has 0 bridgehead atoms. The van der Waals surface area contributed by atoms with E-state index in [0.29, 0.717) is 37.4 Å². The fraction of sp³-hybridized carbons (Fsp3) is 0.393. The van der Waals surface area contributed by atoms with Gasteiger partial charge in [0.1, 0.15) is 18.1 Å². The number of hydrogen-bond donors (Lipinski definition) is 0. The van der Waals surface area contributed by atoms with Crippen LogP contribution in [0.1, 0.15) is 31.7 Å². The minimum Gasteiger partial charge on any atom is -0.495 e. The van der Waals surface area contributed by atoms with Crippen molar-refractivity contribution >= 4 is 23.5 Å². The van der Waals surface area contributed by atoms with Crippen molar-refractivity contribution in [1.29, 1.82) is 0 Å². The van der Waals surface area contributed by atoms with Gasteiger partial charge in [-0.15, -0.1) is 0 Å². The summed E-state index contributed by atoms with van der Waals surface area (Å²) in [6.45, 7) is 5.59. The van der Waals surface area contributed by atoms with E-state index < -0.39 is 17.7 Å². The van der Waals surface area contributed by atoms with Crippen molar-refractivity contribution in [2.75, 3.05) is 51.3 Å². The molecule has 2 aromatic rings. The molecule has 8 nitrogen and oxygen atoms in total. The van der Waals surface area contributed by atoms with E-state index in [4.69, 9.17) is 9.47 Å². The number of halogens is 1. The number of anilines is 1. The van der Waals surface area contributed by atoms with Crippen molar-refractivity contribution in [1.82, 2.24) is 9.80 Å². The highest BCUT2D eigenvalue weighted by atomic mass is 19.1. The molecule has 2 aliphatic rings. The molecule has 0 saturated carbocycles. The molecule has 1 saturated heterocycles. The van der Waals surface area contributed by atoms with Crippen LogP contribution in [-0.2, 0) is 19.1 Å². The maximum absolute atomic E-state index is 13.9. The third-order valence-corrected chi connectivity index (χ3v) is 6.92. The van der Waals surface area contributed by atoms with Gasteiger partial charge < -0.3 is 24.2 Å². The Morgan fingerprint density at radius 1 is 1.05 bits per heavy atom. The number of hydrogen-bond acceptors (Lipinski definition) is 6. The van der Waals surface area contributed by atoms with Crippen LogP contribution in [0.15, 0.2) is 59.8 Å². The molecule has 0 aromatic heterocycles. The summed E-state index contributed by atoms with van der Waals surface area (Å²) < 4.78 is 24.7. The second-order valence-corrected chi connectivity index (χ2v) is 9.05. The quantitative estimate of drug-likeness (QED) is 0.533. The van der Waals surface area contributed by atoms with Gasteiger partial charge in [-0.1, -0.05) is 24.3 Å². The minimum atomic E-state index is -0.641. The summed E-state index contributed by atoms with van der Waals surface area (Å²) in [5, 5.41) is 0. The zero-order chi connectivity index (χ0) is 26.5. The van der Waals surface area contributed by atoms with Crippen LogP contribution in [0.5, 0.6) is 5.75 Å². The number of carbonyl (C=O) groups excluding carboxylic acids is 3. The summed E-state index contributed by atoms with van der Waals surface area (Å²) in [6.07, 6.45) is -0.0518. The van der Waals surface area contributed by atoms with Crippen LogP contribution in [0.2, 0.25) is 0 Å². The lowest BCUT2D eigenvalue weighted by Gasteiger charge is -2.39. The van der Waals surface area contributed by atoms with Gasteiger partial charge in [0.15, 0.2) is 0 Å². The molecule has 2 aliphatic heterocycles. The van der Waals surface area contributed by atoms with E-state index in [0.717, 1.165) is 11.4 Å². The average Bonchev–Trinajstić information content (AvgIpc) is 2.90. The first-order valence-corrected chi connectivity index (χ1v) is 12.4. The van der Waals surface area contributed by atoms with Gasteiger partial charge in [0.05, 0.1) is 25.0 Å². The molecule has 0 spiro atoms. The highest BCUT2D eigenvalue weighted by molar-refractivity contribution is 5.97. The highest BCUT2D eigenvalue weighted by Crippen LogP contribution is 2.37. The molecule has 2 amide bonds. The van der Waals surface area contributed by atoms with Crippen molar-refractivity contribution in [2.45, 2.75) is 26.2 Å². The molecule has 2 heterocycles. The molecule has 1 atom stereocenters. The van der Waals surface area contributed by atoms with E-state index in [-0.39, 0.29) is 37.0 Å². The van der Waals surface area contributed by atoms with E-state index in [1.54, 1.807) is 38.0 Å². The van der Waals surface area contributed by atoms with Crippen LogP contribution < -0.4 is 9.64 Å². The molecule has 9 heteroatoms. The number of nitrogens with zero attached hydrogens (tertiary/aromatic N) is 3. The Hall–Kier alpha value is -3.88. The molecule has 1 unspecified atom stereocenters. The fourth-order valence-electron chi connectivity index (χ4n) is 5.01. The minimum absolute atomic E-state index is 0.0518. The maximum Gasteiger partial charge on any atom is 0.336 e. The van der Waals surface area contributed by atoms with Crippen molar-refractivity contribution in [3.63, 3.8) is 0 Å². The van der Waals surface area contributed by atoms with E-state index in [1.165, 1.54) is 17.0 Å². The van der Waals surface area contributed by atoms with Gasteiger partial charge in [-0.2, -0.15) is 0 Å². The van der Waals surface area contributed by atoms with Crippen LogP contribution in [-0.4, -0.2) is 74.0 Å². The average molecular weight is 510 g/mol. The van der Waals surface area contributed by atoms with Crippen molar-refractivity contribution in [3.8, 4) is 5.75 Å². The first-order valence-electron chi connectivity index (χ1n) is 12.4. The van der Waals surface area contributed by atoms with Gasteiger partial charge in [-0.25, -0.2) is 9.18 Å². The zero-order valence-electron chi connectivity index (χ0n) is 21.4. The molecule has 0 aliphatic carbocycles. The standard InChI is InChI=1S/C28H32FN3O5/c1-4-37-28(35)27-19(2)32(25(33)17-22(27)20-8-7-9-21(29)16-20)18-26(34)31-14-12-30(13-15-31)23-10-5-6-11-24(23)36-3/h5-11,16,22H,4,12-15,17-18H2,1-3H3. The van der Waals surface area contributed by atoms with E-state index >= 15 is 0 Å². The van der Waals surface area contributed by atoms with Crippen LogP contribution >= 0.6 is 0 Å². The first kappa shape index (κ1) is 26.2. The van der Waals surface area contributed by atoms with Gasteiger partial charge >= 0.3 is 5.97 Å². The molecule has 0 N–H and O–H groups in total. The Morgan fingerprint density at radius 3 is 2.46 bits per heavy atom. The Morgan fingerprint density at radius 2 is 1.78 bits per heavy atom. The second-order valence-electron chi connectivity index (χ2n) is 9.05. The molecule has 0 radical (unpaired) electrons. The Bertz CT molecular complexity index is 1210. The Labute approximate surface area is 216 Å². The maximum atomic E-state index is 13.9. The van der Waals surface area contributed by atoms with Crippen molar-refractivity contribution < 1.29 is 28.2 Å². The van der Waals surface area contributed by atoms with Gasteiger partial charge in [0.25, 0.3) is 0 Å². The Kier molecular flexibility index (Phi) is 8.11. The lowest BCUT2D eigenvalue weighted by atomic mass is 9.83. The third kappa shape index (κ3) is 5.60. The number of allylic oxidation sites excluding steroid dienone is 1. The molecule has 1 fully saturated rings. The van der Waals surface area contributed by atoms with Crippen molar-refractivity contribution in [2.24, 2.45) is 0 Å². The Balaban J connectivity index is 1.50. The summed E-state index contributed by atoms with van der Waals surface area (Å²) in [4.78, 5) is 44.6. The van der Waals surface area contributed by atoms with E-state index in [2.05, 4.69) is 4.90 Å². The molecular formula is C28H32FN3O5. The second kappa shape index (κ2) is 11.5. The largest absolute Gasteiger partial charge is 0.495 e. The number of esters is 1. The summed E-state index contributed by atoms with van der Waals surface area (Å²) in [5.41, 5.74) is 2.14. The zero-order valence-corrected chi connectivity index (χ0v) is 21.4. The number of benzene rings is 2. The fourth-order valence-corrected chi connectivity index (χ4v) is 5.01. The van der Waals surface area contributed by atoms with Crippen LogP contribution in [0, 0.1) is 5.82 Å². The molecular weight excluding hydrogens is 477 g/mol. The monoisotopic (exact) mass is 509 g/mol. The summed E-state index contributed by atoms with van der Waals surface area (Å²) in [7, 11) is 1.63. The van der Waals surface area contributed by atoms with Gasteiger partial charge in [0, 0.05) is 44.2 Å². The first-order chi connectivity index (χ1) is 17.8. The van der Waals surface area contributed by atoms with Crippen LogP contribution in [0.4, 0.5) is 10.1 Å². The number of carbonyl (C=O) groups is 3. The summed E-state index contributed by atoms with van der Waals surface area (Å²) in [5.74, 6) is -1.36. The number of para-hydroxylation sites is 2. The number of piperazine rings is 1. The smallest absolute Gasteiger partial charge is 0.336 e. The predicted molar refractivity (Wildman–Crippen MR) is 137 cm³/mol. The molecule has 196 valence electrons. The molecule has 37 heavy (non-hydrogen) atoms. The van der Waals surface area contributed by atoms with E-state index in [9.17, 15) is 18.8 Å². The molecule has 4 rings (SSSR count). The van der Waals surface area contributed by atoms with Crippen LogP contribution in [0.25, 0.3) is 0 Å². The number of amides is 2.